The molecule has 13 heavy (non-hydrogen) atoms. The summed E-state index contributed by atoms with van der Waals surface area (Å²) in [5, 5.41) is 6.87. The average Bonchev–Trinajstić information content (AvgIpc) is 2.46. The van der Waals surface area contributed by atoms with E-state index in [1.807, 2.05) is 0 Å². The molecule has 1 N–H and O–H groups in total. The van der Waals surface area contributed by atoms with Gasteiger partial charge in [0.2, 0.25) is 5.91 Å². The maximum atomic E-state index is 11.0. The predicted molar refractivity (Wildman–Crippen MR) is 52.2 cm³/mol. The first-order chi connectivity index (χ1) is 6.17. The van der Waals surface area contributed by atoms with Crippen LogP contribution in [0, 0.1) is 0 Å². The number of hydrogen-bond donors (Lipinski definition) is 1. The highest BCUT2D eigenvalue weighted by atomic mass is 79.9. The van der Waals surface area contributed by atoms with Crippen LogP contribution in [-0.4, -0.2) is 28.1 Å². The molecule has 0 saturated carbocycles. The van der Waals surface area contributed by atoms with Crippen LogP contribution in [0.2, 0.25) is 0 Å². The van der Waals surface area contributed by atoms with Crippen molar-refractivity contribution in [1.29, 1.82) is 0 Å². The van der Waals surface area contributed by atoms with Crippen molar-refractivity contribution >= 4 is 27.5 Å². The number of carbonyl (C=O) groups excluding carboxylic acids is 1. The van der Waals surface area contributed by atoms with E-state index >= 15 is 0 Å². The summed E-state index contributed by atoms with van der Waals surface area (Å²) in [6.07, 6.45) is 1.68. The molecule has 1 aromatic rings. The summed E-state index contributed by atoms with van der Waals surface area (Å²) < 4.78 is 6.52. The van der Waals surface area contributed by atoms with Gasteiger partial charge in [-0.25, -0.2) is 0 Å². The van der Waals surface area contributed by atoms with Gasteiger partial charge in [-0.1, -0.05) is 15.9 Å². The Morgan fingerprint density at radius 2 is 2.54 bits per heavy atom. The molecule has 0 bridgehead atoms. The number of halogens is 1. The van der Waals surface area contributed by atoms with Crippen LogP contribution in [0.4, 0.5) is 5.69 Å². The summed E-state index contributed by atoms with van der Waals surface area (Å²) in [5.41, 5.74) is 0.578. The Morgan fingerprint density at radius 1 is 1.85 bits per heavy atom. The minimum atomic E-state index is -0.133. The minimum Gasteiger partial charge on any atom is -0.478 e. The zero-order chi connectivity index (χ0) is 9.84. The summed E-state index contributed by atoms with van der Waals surface area (Å²) in [6, 6.07) is 0. The zero-order valence-corrected chi connectivity index (χ0v) is 8.96. The van der Waals surface area contributed by atoms with E-state index in [0.29, 0.717) is 11.6 Å². The Balaban J connectivity index is 2.80. The van der Waals surface area contributed by atoms with Crippen LogP contribution in [0.5, 0.6) is 5.88 Å². The largest absolute Gasteiger partial charge is 0.478 e. The molecule has 0 aliphatic rings. The van der Waals surface area contributed by atoms with Crippen LogP contribution in [0.15, 0.2) is 6.20 Å². The van der Waals surface area contributed by atoms with Gasteiger partial charge in [0.25, 0.3) is 5.88 Å². The highest BCUT2D eigenvalue weighted by Crippen LogP contribution is 2.20. The molecule has 72 valence electrons. The first-order valence-corrected chi connectivity index (χ1v) is 4.73. The fourth-order valence-electron chi connectivity index (χ4n) is 0.888. The van der Waals surface area contributed by atoms with Crippen LogP contribution >= 0.6 is 15.9 Å². The summed E-state index contributed by atoms with van der Waals surface area (Å²) in [5.74, 6) is 0.281. The third kappa shape index (κ3) is 2.45. The predicted octanol–water partition coefficient (Wildman–Crippen LogP) is 0.762. The smallest absolute Gasteiger partial charge is 0.256 e. The standard InChI is InChI=1S/C7H10BrN3O2/c1-11-4-5(7(10-11)13-2)9-6(12)3-8/h4H,3H2,1-2H3,(H,9,12). The van der Waals surface area contributed by atoms with Crippen LogP contribution < -0.4 is 10.1 Å². The van der Waals surface area contributed by atoms with Crippen molar-refractivity contribution in [3.63, 3.8) is 0 Å². The fraction of sp³-hybridized carbons (Fsp3) is 0.429. The molecule has 1 aromatic heterocycles. The second-order valence-corrected chi connectivity index (χ2v) is 2.97. The number of amides is 1. The maximum Gasteiger partial charge on any atom is 0.256 e. The van der Waals surface area contributed by atoms with Gasteiger partial charge in [0.15, 0.2) is 0 Å². The summed E-state index contributed by atoms with van der Waals surface area (Å²) in [4.78, 5) is 11.0. The Hall–Kier alpha value is -1.04. The molecule has 5 nitrogen and oxygen atoms in total. The fourth-order valence-corrected chi connectivity index (χ4v) is 1.03. The second-order valence-electron chi connectivity index (χ2n) is 2.41. The monoisotopic (exact) mass is 247 g/mol. The Kier molecular flexibility index (Phi) is 3.30. The lowest BCUT2D eigenvalue weighted by molar-refractivity contribution is -0.113. The van der Waals surface area contributed by atoms with E-state index in [4.69, 9.17) is 4.74 Å². The van der Waals surface area contributed by atoms with Gasteiger partial charge in [-0.2, -0.15) is 0 Å². The maximum absolute atomic E-state index is 11.0. The van der Waals surface area contributed by atoms with Gasteiger partial charge in [-0.3, -0.25) is 9.48 Å². The van der Waals surface area contributed by atoms with E-state index in [1.54, 1.807) is 17.9 Å². The molecule has 1 amide bonds. The van der Waals surface area contributed by atoms with Gasteiger partial charge in [0, 0.05) is 7.05 Å². The highest BCUT2D eigenvalue weighted by molar-refractivity contribution is 9.09. The van der Waals surface area contributed by atoms with E-state index in [0.717, 1.165) is 0 Å². The van der Waals surface area contributed by atoms with Gasteiger partial charge in [-0.15, -0.1) is 5.10 Å². The third-order valence-electron chi connectivity index (χ3n) is 1.38. The van der Waals surface area contributed by atoms with E-state index in [-0.39, 0.29) is 11.2 Å². The lowest BCUT2D eigenvalue weighted by atomic mass is 10.5. The van der Waals surface area contributed by atoms with E-state index in [1.165, 1.54) is 7.11 Å². The highest BCUT2D eigenvalue weighted by Gasteiger charge is 2.09. The number of nitrogens with one attached hydrogen (secondary N) is 1. The molecule has 0 aromatic carbocycles. The number of methoxy groups -OCH3 is 1. The molecular weight excluding hydrogens is 238 g/mol. The van der Waals surface area contributed by atoms with Crippen molar-refractivity contribution < 1.29 is 9.53 Å². The SMILES string of the molecule is COc1nn(C)cc1NC(=O)CBr. The van der Waals surface area contributed by atoms with E-state index in [9.17, 15) is 4.79 Å². The quantitative estimate of drug-likeness (QED) is 0.803. The molecular formula is C7H10BrN3O2. The van der Waals surface area contributed by atoms with Crippen molar-refractivity contribution in [1.82, 2.24) is 9.78 Å². The molecule has 0 spiro atoms. The van der Waals surface area contributed by atoms with Gasteiger partial charge >= 0.3 is 0 Å². The number of aromatic nitrogens is 2. The molecule has 6 heteroatoms. The molecule has 0 radical (unpaired) electrons. The van der Waals surface area contributed by atoms with Crippen molar-refractivity contribution in [2.24, 2.45) is 7.05 Å². The number of anilines is 1. The van der Waals surface area contributed by atoms with Crippen molar-refractivity contribution in [3.8, 4) is 5.88 Å². The van der Waals surface area contributed by atoms with Crippen LogP contribution in [0.25, 0.3) is 0 Å². The van der Waals surface area contributed by atoms with Crippen LogP contribution in [0.3, 0.4) is 0 Å². The first kappa shape index (κ1) is 10.0. The number of nitrogens with zero attached hydrogens (tertiary/aromatic N) is 2. The Labute approximate surface area is 84.2 Å². The normalized spacial score (nSPS) is 9.77. The zero-order valence-electron chi connectivity index (χ0n) is 7.37. The Bertz CT molecular complexity index is 311. The molecule has 0 atom stereocenters. The molecule has 0 fully saturated rings. The molecule has 0 aliphatic heterocycles. The summed E-state index contributed by atoms with van der Waals surface area (Å²) >= 11 is 3.05. The number of carbonyl (C=O) groups is 1. The van der Waals surface area contributed by atoms with Crippen molar-refractivity contribution in [3.05, 3.63) is 6.20 Å². The molecule has 0 unspecified atom stereocenters. The minimum absolute atomic E-state index is 0.133. The molecule has 1 rings (SSSR count). The van der Waals surface area contributed by atoms with Gasteiger partial charge in [0.1, 0.15) is 5.69 Å². The van der Waals surface area contributed by atoms with Crippen LogP contribution in [-0.2, 0) is 11.8 Å². The number of ether oxygens (including phenoxy) is 1. The summed E-state index contributed by atoms with van der Waals surface area (Å²) in [6.45, 7) is 0. The molecule has 1 heterocycles. The second kappa shape index (κ2) is 4.27. The Morgan fingerprint density at radius 3 is 3.08 bits per heavy atom. The van der Waals surface area contributed by atoms with Crippen LogP contribution in [0.1, 0.15) is 0 Å². The van der Waals surface area contributed by atoms with Crippen molar-refractivity contribution in [2.45, 2.75) is 0 Å². The third-order valence-corrected chi connectivity index (χ3v) is 1.89. The lowest BCUT2D eigenvalue weighted by Crippen LogP contribution is -2.12. The summed E-state index contributed by atoms with van der Waals surface area (Å²) in [7, 11) is 3.26. The van der Waals surface area contributed by atoms with Crippen molar-refractivity contribution in [2.75, 3.05) is 17.8 Å². The number of alkyl halides is 1. The van der Waals surface area contributed by atoms with E-state index < -0.39 is 0 Å². The average molecular weight is 248 g/mol. The van der Waals surface area contributed by atoms with Gasteiger partial charge in [0.05, 0.1) is 18.6 Å². The lowest BCUT2D eigenvalue weighted by Gasteiger charge is -2.00. The molecule has 0 aliphatic carbocycles. The van der Waals surface area contributed by atoms with E-state index in [2.05, 4.69) is 26.3 Å². The first-order valence-electron chi connectivity index (χ1n) is 3.61. The molecule has 0 saturated heterocycles. The number of aryl methyl sites for hydroxylation is 1. The number of rotatable bonds is 3. The van der Waals surface area contributed by atoms with Gasteiger partial charge in [-0.05, 0) is 0 Å². The number of hydrogen-bond acceptors (Lipinski definition) is 3. The topological polar surface area (TPSA) is 56.1 Å². The van der Waals surface area contributed by atoms with Gasteiger partial charge < -0.3 is 10.1 Å².